The van der Waals surface area contributed by atoms with Crippen molar-refractivity contribution in [3.8, 4) is 0 Å². The highest BCUT2D eigenvalue weighted by Gasteiger charge is 1.71. The van der Waals surface area contributed by atoms with Crippen LogP contribution < -0.4 is 5.48 Å². The molecule has 0 saturated heterocycles. The van der Waals surface area contributed by atoms with Gasteiger partial charge in [-0.15, -0.1) is 0 Å². The quantitative estimate of drug-likeness (QED) is 0.400. The van der Waals surface area contributed by atoms with E-state index in [9.17, 15) is 0 Å². The highest BCUT2D eigenvalue weighted by molar-refractivity contribution is 5.10. The maximum Gasteiger partial charge on any atom is 0.0269 e. The van der Waals surface area contributed by atoms with Gasteiger partial charge in [-0.2, -0.15) is 0 Å². The average Bonchev–Trinajstić information content (AvgIpc) is 1.68. The van der Waals surface area contributed by atoms with E-state index < -0.39 is 0 Å². The lowest BCUT2D eigenvalue weighted by Crippen LogP contribution is -1.93. The molecule has 0 aromatic rings. The van der Waals surface area contributed by atoms with Crippen molar-refractivity contribution in [3.63, 3.8) is 0 Å². The summed E-state index contributed by atoms with van der Waals surface area (Å²) in [5, 5.41) is 7.99. The van der Waals surface area contributed by atoms with Gasteiger partial charge >= 0.3 is 0 Å². The van der Waals surface area contributed by atoms with Gasteiger partial charge in [0.25, 0.3) is 0 Å². The number of rotatable bonds is 2. The third-order valence-corrected chi connectivity index (χ3v) is 0.614. The van der Waals surface area contributed by atoms with Crippen molar-refractivity contribution in [1.29, 1.82) is 0 Å². The van der Waals surface area contributed by atoms with Gasteiger partial charge in [-0.3, -0.25) is 10.7 Å². The second-order valence-electron chi connectivity index (χ2n) is 1.22. The molecule has 0 aliphatic carbocycles. The Hall–Kier alpha value is -0.760. The molecule has 0 bridgehead atoms. The highest BCUT2D eigenvalue weighted by atomic mass is 16.5. The zero-order chi connectivity index (χ0) is 5.70. The van der Waals surface area contributed by atoms with Gasteiger partial charge in [0, 0.05) is 6.20 Å². The van der Waals surface area contributed by atoms with Gasteiger partial charge in [-0.25, -0.2) is 0 Å². The van der Waals surface area contributed by atoms with E-state index in [1.54, 1.807) is 6.08 Å². The number of hydrogen-bond acceptors (Lipinski definition) is 2. The first-order valence-electron chi connectivity index (χ1n) is 2.00. The molecule has 0 atom stereocenters. The van der Waals surface area contributed by atoms with Gasteiger partial charge in [0.15, 0.2) is 0 Å². The van der Waals surface area contributed by atoms with E-state index in [0.29, 0.717) is 0 Å². The third kappa shape index (κ3) is 3.06. The van der Waals surface area contributed by atoms with Crippen molar-refractivity contribution in [3.05, 3.63) is 24.4 Å². The molecule has 2 heteroatoms. The summed E-state index contributed by atoms with van der Waals surface area (Å²) >= 11 is 0. The number of hydrogen-bond donors (Lipinski definition) is 2. The molecule has 0 radical (unpaired) electrons. The van der Waals surface area contributed by atoms with Gasteiger partial charge < -0.3 is 0 Å². The summed E-state index contributed by atoms with van der Waals surface area (Å²) in [7, 11) is 0. The molecule has 0 aromatic heterocycles. The van der Waals surface area contributed by atoms with Crippen LogP contribution in [0.4, 0.5) is 0 Å². The summed E-state index contributed by atoms with van der Waals surface area (Å²) in [5.74, 6) is 0. The van der Waals surface area contributed by atoms with E-state index in [4.69, 9.17) is 5.21 Å². The molecule has 2 nitrogen and oxygen atoms in total. The first-order chi connectivity index (χ1) is 3.31. The van der Waals surface area contributed by atoms with E-state index in [2.05, 4.69) is 6.58 Å². The predicted molar refractivity (Wildman–Crippen MR) is 28.9 cm³/mol. The lowest BCUT2D eigenvalue weighted by Gasteiger charge is -1.86. The molecule has 0 unspecified atom stereocenters. The highest BCUT2D eigenvalue weighted by Crippen LogP contribution is 1.86. The lowest BCUT2D eigenvalue weighted by atomic mass is 10.3. The maximum absolute atomic E-state index is 7.99. The van der Waals surface area contributed by atoms with Crippen molar-refractivity contribution in [1.82, 2.24) is 5.48 Å². The number of hydroxylamine groups is 1. The Morgan fingerprint density at radius 2 is 2.43 bits per heavy atom. The number of allylic oxidation sites excluding steroid dienone is 2. The summed E-state index contributed by atoms with van der Waals surface area (Å²) in [6, 6.07) is 0. The Morgan fingerprint density at radius 1 is 1.86 bits per heavy atom. The molecule has 0 saturated carbocycles. The van der Waals surface area contributed by atoms with E-state index >= 15 is 0 Å². The monoisotopic (exact) mass is 99.1 g/mol. The predicted octanol–water partition coefficient (Wildman–Crippen LogP) is 1.05. The third-order valence-electron chi connectivity index (χ3n) is 0.614. The summed E-state index contributed by atoms with van der Waals surface area (Å²) in [5.41, 5.74) is 2.79. The molecule has 0 aromatic carbocycles. The topological polar surface area (TPSA) is 32.3 Å². The van der Waals surface area contributed by atoms with Crippen LogP contribution in [0.2, 0.25) is 0 Å². The van der Waals surface area contributed by atoms with Crippen LogP contribution in [0.15, 0.2) is 24.4 Å². The van der Waals surface area contributed by atoms with Crippen LogP contribution in [0.1, 0.15) is 6.92 Å². The standard InChI is InChI=1S/C5H9NO/c1-3-5(2)4-6-7/h3-4,6-7H,1H2,2H3/b5-4-. The summed E-state index contributed by atoms with van der Waals surface area (Å²) in [6.07, 6.45) is 3.09. The minimum Gasteiger partial charge on any atom is -0.292 e. The normalized spacial score (nSPS) is 10.9. The molecule has 0 heterocycles. The van der Waals surface area contributed by atoms with Gasteiger partial charge in [0.05, 0.1) is 0 Å². The van der Waals surface area contributed by atoms with Crippen LogP contribution in [0.25, 0.3) is 0 Å². The van der Waals surface area contributed by atoms with Crippen molar-refractivity contribution >= 4 is 0 Å². The first-order valence-corrected chi connectivity index (χ1v) is 2.00. The lowest BCUT2D eigenvalue weighted by molar-refractivity contribution is 0.213. The molecule has 0 aliphatic rings. The van der Waals surface area contributed by atoms with Crippen LogP contribution >= 0.6 is 0 Å². The van der Waals surface area contributed by atoms with Crippen LogP contribution in [0.3, 0.4) is 0 Å². The summed E-state index contributed by atoms with van der Waals surface area (Å²) in [6.45, 7) is 5.29. The fourth-order valence-electron chi connectivity index (χ4n) is 0.161. The van der Waals surface area contributed by atoms with Crippen LogP contribution in [-0.2, 0) is 0 Å². The van der Waals surface area contributed by atoms with Gasteiger partial charge in [-0.1, -0.05) is 12.7 Å². The van der Waals surface area contributed by atoms with E-state index in [-0.39, 0.29) is 0 Å². The Labute approximate surface area is 43.1 Å². The van der Waals surface area contributed by atoms with Gasteiger partial charge in [0.1, 0.15) is 0 Å². The zero-order valence-electron chi connectivity index (χ0n) is 4.31. The van der Waals surface area contributed by atoms with Crippen LogP contribution in [0.5, 0.6) is 0 Å². The SMILES string of the molecule is C=C/C(C)=C\NO. The molecule has 2 N–H and O–H groups in total. The van der Waals surface area contributed by atoms with Crippen molar-refractivity contribution < 1.29 is 5.21 Å². The van der Waals surface area contributed by atoms with Crippen molar-refractivity contribution in [2.75, 3.05) is 0 Å². The molecule has 0 spiro atoms. The molecule has 0 aliphatic heterocycles. The summed E-state index contributed by atoms with van der Waals surface area (Å²) < 4.78 is 0. The van der Waals surface area contributed by atoms with Crippen molar-refractivity contribution in [2.24, 2.45) is 0 Å². The Morgan fingerprint density at radius 3 is 2.57 bits per heavy atom. The van der Waals surface area contributed by atoms with E-state index in [1.165, 1.54) is 6.20 Å². The molecule has 0 fully saturated rings. The second kappa shape index (κ2) is 3.43. The second-order valence-corrected chi connectivity index (χ2v) is 1.22. The first kappa shape index (κ1) is 6.24. The Balaban J connectivity index is 3.49. The van der Waals surface area contributed by atoms with E-state index in [0.717, 1.165) is 5.57 Å². The molecule has 7 heavy (non-hydrogen) atoms. The van der Waals surface area contributed by atoms with Gasteiger partial charge in [-0.05, 0) is 12.5 Å². The fraction of sp³-hybridized carbons (Fsp3) is 0.200. The average molecular weight is 99.1 g/mol. The minimum atomic E-state index is 0.905. The molecular formula is C5H9NO. The Bertz CT molecular complexity index is 86.1. The fourth-order valence-corrected chi connectivity index (χ4v) is 0.161. The molecular weight excluding hydrogens is 90.1 g/mol. The van der Waals surface area contributed by atoms with E-state index in [1.807, 2.05) is 12.4 Å². The molecule has 0 amide bonds. The zero-order valence-corrected chi connectivity index (χ0v) is 4.31. The number of nitrogens with one attached hydrogen (secondary N) is 1. The minimum absolute atomic E-state index is 0.905. The van der Waals surface area contributed by atoms with Gasteiger partial charge in [0.2, 0.25) is 0 Å². The van der Waals surface area contributed by atoms with Crippen molar-refractivity contribution in [2.45, 2.75) is 6.92 Å². The molecule has 0 rings (SSSR count). The Kier molecular flexibility index (Phi) is 3.06. The molecule has 40 valence electrons. The smallest absolute Gasteiger partial charge is 0.0269 e. The van der Waals surface area contributed by atoms with Crippen LogP contribution in [0, 0.1) is 0 Å². The largest absolute Gasteiger partial charge is 0.292 e. The van der Waals surface area contributed by atoms with Crippen LogP contribution in [-0.4, -0.2) is 5.21 Å². The maximum atomic E-state index is 7.99. The summed E-state index contributed by atoms with van der Waals surface area (Å²) in [4.78, 5) is 0.